The van der Waals surface area contributed by atoms with Crippen molar-refractivity contribution in [3.63, 3.8) is 0 Å². The number of nitrogens with zero attached hydrogens (tertiary/aromatic N) is 2. The van der Waals surface area contributed by atoms with Crippen LogP contribution in [0.25, 0.3) is 0 Å². The van der Waals surface area contributed by atoms with Gasteiger partial charge in [-0.3, -0.25) is 19.3 Å². The molecule has 7 heteroatoms. The van der Waals surface area contributed by atoms with Crippen LogP contribution in [0.2, 0.25) is 0 Å². The van der Waals surface area contributed by atoms with Crippen LogP contribution in [0.15, 0.2) is 12.2 Å². The Hall–Kier alpha value is -1.40. The van der Waals surface area contributed by atoms with E-state index in [0.717, 1.165) is 4.90 Å². The SMILES string of the molecule is C[N+](C)(C)CC(=O)NCCN1C(=O)C=CC1=O.[Cl-]. The zero-order chi connectivity index (χ0) is 13.1. The van der Waals surface area contributed by atoms with Gasteiger partial charge in [-0.2, -0.15) is 0 Å². The van der Waals surface area contributed by atoms with Crippen molar-refractivity contribution in [1.29, 1.82) is 0 Å². The van der Waals surface area contributed by atoms with Gasteiger partial charge in [0.1, 0.15) is 0 Å². The number of imide groups is 1. The van der Waals surface area contributed by atoms with Crippen molar-refractivity contribution in [2.75, 3.05) is 40.8 Å². The molecule has 0 fully saturated rings. The van der Waals surface area contributed by atoms with Crippen molar-refractivity contribution >= 4 is 17.7 Å². The highest BCUT2D eigenvalue weighted by Crippen LogP contribution is 2.01. The van der Waals surface area contributed by atoms with Gasteiger partial charge in [0, 0.05) is 25.2 Å². The molecule has 0 aliphatic carbocycles. The van der Waals surface area contributed by atoms with Crippen LogP contribution in [0, 0.1) is 0 Å². The molecule has 0 spiro atoms. The summed E-state index contributed by atoms with van der Waals surface area (Å²) in [5.74, 6) is -0.740. The zero-order valence-electron chi connectivity index (χ0n) is 10.8. The second-order valence-corrected chi connectivity index (χ2v) is 4.96. The van der Waals surface area contributed by atoms with E-state index in [9.17, 15) is 14.4 Å². The van der Waals surface area contributed by atoms with Crippen LogP contribution in [0.4, 0.5) is 0 Å². The summed E-state index contributed by atoms with van der Waals surface area (Å²) in [6.07, 6.45) is 2.46. The number of amides is 3. The Kier molecular flexibility index (Phi) is 6.00. The van der Waals surface area contributed by atoms with Gasteiger partial charge in [0.25, 0.3) is 17.7 Å². The highest BCUT2D eigenvalue weighted by atomic mass is 35.5. The maximum Gasteiger partial charge on any atom is 0.275 e. The van der Waals surface area contributed by atoms with Crippen LogP contribution in [0.3, 0.4) is 0 Å². The lowest BCUT2D eigenvalue weighted by atomic mass is 10.4. The van der Waals surface area contributed by atoms with Crippen molar-refractivity contribution in [1.82, 2.24) is 10.2 Å². The van der Waals surface area contributed by atoms with Gasteiger partial charge in [-0.15, -0.1) is 0 Å². The number of likely N-dealkylation sites (N-methyl/N-ethyl adjacent to an activating group) is 1. The molecule has 102 valence electrons. The molecule has 1 aliphatic rings. The molecule has 0 atom stereocenters. The fourth-order valence-electron chi connectivity index (χ4n) is 1.45. The monoisotopic (exact) mass is 275 g/mol. The van der Waals surface area contributed by atoms with E-state index in [0.29, 0.717) is 11.0 Å². The highest BCUT2D eigenvalue weighted by Gasteiger charge is 2.23. The molecule has 1 rings (SSSR count). The van der Waals surface area contributed by atoms with Crippen molar-refractivity contribution in [3.05, 3.63) is 12.2 Å². The van der Waals surface area contributed by atoms with Crippen LogP contribution < -0.4 is 17.7 Å². The summed E-state index contributed by atoms with van der Waals surface area (Å²) in [6, 6.07) is 0. The molecule has 0 radical (unpaired) electrons. The maximum atomic E-state index is 11.5. The van der Waals surface area contributed by atoms with Gasteiger partial charge in [0.2, 0.25) is 0 Å². The molecule has 6 nitrogen and oxygen atoms in total. The van der Waals surface area contributed by atoms with Crippen molar-refractivity contribution < 1.29 is 31.3 Å². The predicted octanol–water partition coefficient (Wildman–Crippen LogP) is -4.26. The lowest BCUT2D eigenvalue weighted by Gasteiger charge is -2.23. The van der Waals surface area contributed by atoms with E-state index < -0.39 is 0 Å². The fraction of sp³-hybridized carbons (Fsp3) is 0.545. The number of halogens is 1. The van der Waals surface area contributed by atoms with E-state index in [2.05, 4.69) is 5.32 Å². The maximum absolute atomic E-state index is 11.5. The number of carbonyl (C=O) groups excluding carboxylic acids is 3. The quantitative estimate of drug-likeness (QED) is 0.408. The molecule has 3 amide bonds. The summed E-state index contributed by atoms with van der Waals surface area (Å²) in [6.45, 7) is 0.867. The van der Waals surface area contributed by atoms with Crippen LogP contribution in [-0.2, 0) is 14.4 Å². The van der Waals surface area contributed by atoms with Gasteiger partial charge in [-0.1, -0.05) is 0 Å². The third-order valence-corrected chi connectivity index (χ3v) is 2.18. The number of rotatable bonds is 5. The van der Waals surface area contributed by atoms with Gasteiger partial charge < -0.3 is 22.2 Å². The molecule has 0 saturated heterocycles. The third-order valence-electron chi connectivity index (χ3n) is 2.18. The molecule has 0 aromatic heterocycles. The average Bonchev–Trinajstić information content (AvgIpc) is 2.46. The second kappa shape index (κ2) is 6.51. The Labute approximate surface area is 113 Å². The van der Waals surface area contributed by atoms with Gasteiger partial charge in [0.05, 0.1) is 21.1 Å². The molecular formula is C11H18ClN3O3. The van der Waals surface area contributed by atoms with Gasteiger partial charge in [0.15, 0.2) is 6.54 Å². The Bertz CT molecular complexity index is 356. The molecule has 1 N–H and O–H groups in total. The number of hydrogen-bond donors (Lipinski definition) is 1. The van der Waals surface area contributed by atoms with Gasteiger partial charge in [-0.05, 0) is 0 Å². The molecule has 0 aromatic carbocycles. The molecule has 1 heterocycles. The summed E-state index contributed by atoms with van der Waals surface area (Å²) in [7, 11) is 5.74. The first-order valence-corrected chi connectivity index (χ1v) is 5.40. The minimum Gasteiger partial charge on any atom is -1.00 e. The van der Waals surface area contributed by atoms with Crippen LogP contribution in [0.5, 0.6) is 0 Å². The molecule has 0 unspecified atom stereocenters. The zero-order valence-corrected chi connectivity index (χ0v) is 11.5. The lowest BCUT2D eigenvalue weighted by Crippen LogP contribution is -3.00. The molecule has 18 heavy (non-hydrogen) atoms. The topological polar surface area (TPSA) is 66.5 Å². The first-order chi connectivity index (χ1) is 7.79. The van der Waals surface area contributed by atoms with Gasteiger partial charge >= 0.3 is 0 Å². The first kappa shape index (κ1) is 16.6. The summed E-state index contributed by atoms with van der Waals surface area (Å²) >= 11 is 0. The van der Waals surface area contributed by atoms with Crippen LogP contribution in [-0.4, -0.2) is 67.9 Å². The Balaban J connectivity index is 0.00000289. The minimum absolute atomic E-state index is 0. The summed E-state index contributed by atoms with van der Waals surface area (Å²) in [5.41, 5.74) is 0. The van der Waals surface area contributed by atoms with E-state index in [4.69, 9.17) is 0 Å². The Morgan fingerprint density at radius 3 is 2.17 bits per heavy atom. The van der Waals surface area contributed by atoms with E-state index in [-0.39, 0.29) is 43.2 Å². The first-order valence-electron chi connectivity index (χ1n) is 5.40. The number of nitrogens with one attached hydrogen (secondary N) is 1. The molecule has 0 bridgehead atoms. The largest absolute Gasteiger partial charge is 1.00 e. The fourth-order valence-corrected chi connectivity index (χ4v) is 1.45. The predicted molar refractivity (Wildman–Crippen MR) is 61.8 cm³/mol. The molecule has 1 aliphatic heterocycles. The summed E-state index contributed by atoms with van der Waals surface area (Å²) in [4.78, 5) is 35.0. The summed E-state index contributed by atoms with van der Waals surface area (Å²) < 4.78 is 0.537. The number of quaternary nitrogens is 1. The Morgan fingerprint density at radius 2 is 1.72 bits per heavy atom. The highest BCUT2D eigenvalue weighted by molar-refractivity contribution is 6.12. The minimum atomic E-state index is -0.323. The molecular weight excluding hydrogens is 258 g/mol. The van der Waals surface area contributed by atoms with E-state index in [1.807, 2.05) is 21.1 Å². The molecule has 0 aromatic rings. The van der Waals surface area contributed by atoms with E-state index >= 15 is 0 Å². The van der Waals surface area contributed by atoms with Crippen molar-refractivity contribution in [3.8, 4) is 0 Å². The average molecular weight is 276 g/mol. The second-order valence-electron chi connectivity index (χ2n) is 4.96. The van der Waals surface area contributed by atoms with Gasteiger partial charge in [-0.25, -0.2) is 0 Å². The third kappa shape index (κ3) is 5.29. The smallest absolute Gasteiger partial charge is 0.275 e. The van der Waals surface area contributed by atoms with E-state index in [1.165, 1.54) is 12.2 Å². The normalized spacial score (nSPS) is 14.7. The lowest BCUT2D eigenvalue weighted by molar-refractivity contribution is -0.862. The summed E-state index contributed by atoms with van der Waals surface area (Å²) in [5, 5.41) is 2.68. The standard InChI is InChI=1S/C11H17N3O3.ClH/c1-14(2,3)8-9(15)12-6-7-13-10(16)4-5-11(13)17;/h4-5H,6-8H2,1-3H3;1H. The number of carbonyl (C=O) groups is 3. The van der Waals surface area contributed by atoms with E-state index in [1.54, 1.807) is 0 Å². The van der Waals surface area contributed by atoms with Crippen molar-refractivity contribution in [2.24, 2.45) is 0 Å². The Morgan fingerprint density at radius 1 is 1.22 bits per heavy atom. The van der Waals surface area contributed by atoms with Crippen LogP contribution in [0.1, 0.15) is 0 Å². The van der Waals surface area contributed by atoms with Crippen LogP contribution >= 0.6 is 0 Å². The number of hydrogen-bond acceptors (Lipinski definition) is 3. The molecule has 0 saturated carbocycles. The van der Waals surface area contributed by atoms with Crippen molar-refractivity contribution in [2.45, 2.75) is 0 Å².